The zero-order valence-corrected chi connectivity index (χ0v) is 14.0. The molecule has 21 heavy (non-hydrogen) atoms. The maximum atomic E-state index is 5.36. The van der Waals surface area contributed by atoms with Crippen molar-refractivity contribution in [2.24, 2.45) is 0 Å². The average Bonchev–Trinajstić information content (AvgIpc) is 3.04. The van der Waals surface area contributed by atoms with Gasteiger partial charge in [0.05, 0.1) is 11.6 Å². The molecular formula is C14H15BrN4OS. The molecule has 3 rings (SSSR count). The first kappa shape index (κ1) is 14.6. The van der Waals surface area contributed by atoms with Gasteiger partial charge in [0.1, 0.15) is 10.3 Å². The zero-order valence-electron chi connectivity index (χ0n) is 11.6. The van der Waals surface area contributed by atoms with Gasteiger partial charge < -0.3 is 9.72 Å². The molecule has 2 aromatic rings. The molecule has 7 heteroatoms. The van der Waals surface area contributed by atoms with Gasteiger partial charge in [0.2, 0.25) is 5.88 Å². The molecule has 0 spiro atoms. The first-order valence-electron chi connectivity index (χ1n) is 6.87. The number of halogens is 1. The van der Waals surface area contributed by atoms with E-state index in [-0.39, 0.29) is 0 Å². The van der Waals surface area contributed by atoms with Crippen molar-refractivity contribution in [2.75, 3.05) is 7.11 Å². The molecule has 0 bridgehead atoms. The Bertz CT molecular complexity index is 695. The van der Waals surface area contributed by atoms with Gasteiger partial charge in [-0.1, -0.05) is 25.1 Å². The van der Waals surface area contributed by atoms with Crippen LogP contribution in [-0.2, 0) is 0 Å². The summed E-state index contributed by atoms with van der Waals surface area (Å²) in [6.45, 7) is 0. The molecule has 2 aromatic heterocycles. The van der Waals surface area contributed by atoms with E-state index in [4.69, 9.17) is 17.0 Å². The summed E-state index contributed by atoms with van der Waals surface area (Å²) in [7, 11) is 1.56. The van der Waals surface area contributed by atoms with Gasteiger partial charge in [0, 0.05) is 17.7 Å². The van der Waals surface area contributed by atoms with Crippen LogP contribution in [0.1, 0.15) is 37.3 Å². The van der Waals surface area contributed by atoms with E-state index >= 15 is 0 Å². The number of aromatic amines is 1. The predicted octanol–water partition coefficient (Wildman–Crippen LogP) is 4.02. The van der Waals surface area contributed by atoms with Gasteiger partial charge in [-0.15, -0.1) is 10.2 Å². The number of methoxy groups -OCH3 is 1. The van der Waals surface area contributed by atoms with Crippen LogP contribution < -0.4 is 4.74 Å². The molecule has 1 fully saturated rings. The van der Waals surface area contributed by atoms with E-state index in [1.165, 1.54) is 25.7 Å². The fourth-order valence-corrected chi connectivity index (χ4v) is 3.36. The molecular weight excluding hydrogens is 352 g/mol. The summed E-state index contributed by atoms with van der Waals surface area (Å²) in [6.07, 6.45) is 4.89. The Hall–Kier alpha value is -1.34. The zero-order chi connectivity index (χ0) is 14.8. The van der Waals surface area contributed by atoms with Crippen LogP contribution >= 0.6 is 28.1 Å². The topological polar surface area (TPSA) is 63.7 Å². The number of hydrogen-bond acceptors (Lipinski definition) is 5. The monoisotopic (exact) mass is 366 g/mol. The maximum Gasteiger partial charge on any atom is 0.233 e. The summed E-state index contributed by atoms with van der Waals surface area (Å²) < 4.78 is 6.48. The minimum Gasteiger partial charge on any atom is -0.480 e. The molecule has 110 valence electrons. The normalized spacial score (nSPS) is 15.3. The fraction of sp³-hybridized carbons (Fsp3) is 0.429. The van der Waals surface area contributed by atoms with E-state index in [1.807, 2.05) is 6.07 Å². The number of rotatable bonds is 3. The summed E-state index contributed by atoms with van der Waals surface area (Å²) in [4.78, 5) is 7.78. The summed E-state index contributed by atoms with van der Waals surface area (Å²) in [6, 6.07) is 3.59. The molecule has 2 heterocycles. The molecule has 0 aliphatic heterocycles. The highest BCUT2D eigenvalue weighted by molar-refractivity contribution is 9.10. The highest BCUT2D eigenvalue weighted by Crippen LogP contribution is 2.37. The van der Waals surface area contributed by atoms with Crippen molar-refractivity contribution in [3.63, 3.8) is 0 Å². The van der Waals surface area contributed by atoms with E-state index in [0.29, 0.717) is 28.0 Å². The van der Waals surface area contributed by atoms with Gasteiger partial charge >= 0.3 is 0 Å². The third-order valence-corrected chi connectivity index (χ3v) is 5.11. The lowest BCUT2D eigenvalue weighted by Crippen LogP contribution is -2.04. The van der Waals surface area contributed by atoms with Crippen LogP contribution in [0.25, 0.3) is 11.5 Å². The average molecular weight is 367 g/mol. The maximum absolute atomic E-state index is 5.36. The van der Waals surface area contributed by atoms with Crippen molar-refractivity contribution in [1.29, 1.82) is 0 Å². The molecule has 0 aromatic carbocycles. The van der Waals surface area contributed by atoms with Crippen LogP contribution in [0.3, 0.4) is 0 Å². The van der Waals surface area contributed by atoms with Crippen molar-refractivity contribution in [2.45, 2.75) is 31.6 Å². The van der Waals surface area contributed by atoms with Gasteiger partial charge in [-0.3, -0.25) is 0 Å². The Morgan fingerprint density at radius 3 is 2.67 bits per heavy atom. The molecule has 0 radical (unpaired) electrons. The standard InChI is InChI=1S/C14H15BrN4OS/c1-20-10-7-6-9(18-19-10)13-16-12(8-4-2-3-5-8)11(15)14(21)17-13/h6-8H,2-5H2,1H3,(H,16,17,21). The third-order valence-electron chi connectivity index (χ3n) is 3.75. The number of ether oxygens (including phenoxy) is 1. The second-order valence-corrected chi connectivity index (χ2v) is 6.24. The molecule has 0 saturated heterocycles. The van der Waals surface area contributed by atoms with Crippen LogP contribution in [0, 0.1) is 4.64 Å². The van der Waals surface area contributed by atoms with Crippen molar-refractivity contribution < 1.29 is 4.74 Å². The van der Waals surface area contributed by atoms with E-state index in [0.717, 1.165) is 10.2 Å². The third kappa shape index (κ3) is 2.98. The second kappa shape index (κ2) is 6.19. The molecule has 1 saturated carbocycles. The first-order valence-corrected chi connectivity index (χ1v) is 8.07. The second-order valence-electron chi connectivity index (χ2n) is 5.06. The molecule has 0 unspecified atom stereocenters. The minimum atomic E-state index is 0.477. The van der Waals surface area contributed by atoms with Gasteiger partial charge in [-0.2, -0.15) is 0 Å². The van der Waals surface area contributed by atoms with Crippen molar-refractivity contribution in [3.8, 4) is 17.4 Å². The largest absolute Gasteiger partial charge is 0.480 e. The Morgan fingerprint density at radius 1 is 1.29 bits per heavy atom. The minimum absolute atomic E-state index is 0.477. The van der Waals surface area contributed by atoms with E-state index in [2.05, 4.69) is 36.1 Å². The summed E-state index contributed by atoms with van der Waals surface area (Å²) in [5, 5.41) is 8.10. The van der Waals surface area contributed by atoms with Crippen LogP contribution in [0.15, 0.2) is 16.6 Å². The number of H-pyrrole nitrogens is 1. The quantitative estimate of drug-likeness (QED) is 0.830. The Labute approximate surface area is 136 Å². The molecule has 5 nitrogen and oxygen atoms in total. The van der Waals surface area contributed by atoms with Crippen LogP contribution in [0.4, 0.5) is 0 Å². The Kier molecular flexibility index (Phi) is 4.30. The Balaban J connectivity index is 2.03. The molecule has 0 atom stereocenters. The fourth-order valence-electron chi connectivity index (χ4n) is 2.65. The number of aromatic nitrogens is 4. The van der Waals surface area contributed by atoms with Crippen LogP contribution in [0.5, 0.6) is 5.88 Å². The summed E-state index contributed by atoms with van der Waals surface area (Å²) in [5.74, 6) is 1.64. The summed E-state index contributed by atoms with van der Waals surface area (Å²) in [5.41, 5.74) is 1.79. The molecule has 1 aliphatic carbocycles. The van der Waals surface area contributed by atoms with Crippen LogP contribution in [0.2, 0.25) is 0 Å². The van der Waals surface area contributed by atoms with Crippen molar-refractivity contribution in [3.05, 3.63) is 26.9 Å². The SMILES string of the molecule is COc1ccc(-c2nc(=S)c(Br)c(C3CCCC3)[nH]2)nn1. The van der Waals surface area contributed by atoms with E-state index in [1.54, 1.807) is 13.2 Å². The highest BCUT2D eigenvalue weighted by atomic mass is 79.9. The van der Waals surface area contributed by atoms with Gasteiger partial charge in [-0.25, -0.2) is 4.98 Å². The van der Waals surface area contributed by atoms with Gasteiger partial charge in [0.15, 0.2) is 5.82 Å². The smallest absolute Gasteiger partial charge is 0.233 e. The number of nitrogens with zero attached hydrogens (tertiary/aromatic N) is 3. The van der Waals surface area contributed by atoms with Gasteiger partial charge in [0.25, 0.3) is 0 Å². The Morgan fingerprint density at radius 2 is 2.05 bits per heavy atom. The predicted molar refractivity (Wildman–Crippen MR) is 85.9 cm³/mol. The van der Waals surface area contributed by atoms with E-state index in [9.17, 15) is 0 Å². The van der Waals surface area contributed by atoms with Gasteiger partial charge in [-0.05, 0) is 34.8 Å². The van der Waals surface area contributed by atoms with E-state index < -0.39 is 0 Å². The first-order chi connectivity index (χ1) is 10.2. The lowest BCUT2D eigenvalue weighted by atomic mass is 10.0. The van der Waals surface area contributed by atoms with Crippen LogP contribution in [-0.4, -0.2) is 27.3 Å². The molecule has 1 N–H and O–H groups in total. The lowest BCUT2D eigenvalue weighted by molar-refractivity contribution is 0.392. The van der Waals surface area contributed by atoms with Crippen molar-refractivity contribution >= 4 is 28.1 Å². The number of nitrogens with one attached hydrogen (secondary N) is 1. The van der Waals surface area contributed by atoms with Crippen molar-refractivity contribution in [1.82, 2.24) is 20.2 Å². The summed E-state index contributed by atoms with van der Waals surface area (Å²) >= 11 is 8.93. The molecule has 0 amide bonds. The number of hydrogen-bond donors (Lipinski definition) is 1. The highest BCUT2D eigenvalue weighted by Gasteiger charge is 2.22. The lowest BCUT2D eigenvalue weighted by Gasteiger charge is -2.13. The molecule has 1 aliphatic rings.